The second-order valence-electron chi connectivity index (χ2n) is 3.40. The Morgan fingerprint density at radius 2 is 2.38 bits per heavy atom. The van der Waals surface area contributed by atoms with Gasteiger partial charge in [0.15, 0.2) is 0 Å². The van der Waals surface area contributed by atoms with Crippen molar-refractivity contribution < 1.29 is 0 Å². The van der Waals surface area contributed by atoms with E-state index in [1.807, 2.05) is 24.4 Å². The third kappa shape index (κ3) is 2.20. The summed E-state index contributed by atoms with van der Waals surface area (Å²) in [6.07, 6.45) is 1.72. The van der Waals surface area contributed by atoms with Crippen molar-refractivity contribution in [3.63, 3.8) is 0 Å². The number of anilines is 1. The molecule has 2 rings (SSSR count). The highest BCUT2D eigenvalue weighted by atomic mass is 32.1. The maximum absolute atomic E-state index is 9.03. The number of pyridine rings is 1. The zero-order valence-corrected chi connectivity index (χ0v) is 9.71. The smallest absolute Gasteiger partial charge is 0.144 e. The van der Waals surface area contributed by atoms with Gasteiger partial charge in [-0.15, -0.1) is 11.3 Å². The van der Waals surface area contributed by atoms with Gasteiger partial charge in [-0.25, -0.2) is 4.98 Å². The van der Waals surface area contributed by atoms with Crippen molar-refractivity contribution in [2.45, 2.75) is 13.5 Å². The normalized spacial score (nSPS) is 9.75. The summed E-state index contributed by atoms with van der Waals surface area (Å²) in [7, 11) is 0. The number of hydrogen-bond acceptors (Lipinski definition) is 4. The molecule has 2 aromatic heterocycles. The van der Waals surface area contributed by atoms with E-state index >= 15 is 0 Å². The molecule has 0 fully saturated rings. The summed E-state index contributed by atoms with van der Waals surface area (Å²) >= 11 is 1.69. The maximum atomic E-state index is 9.03. The molecule has 3 nitrogen and oxygen atoms in total. The van der Waals surface area contributed by atoms with Crippen LogP contribution >= 0.6 is 11.3 Å². The van der Waals surface area contributed by atoms with Crippen LogP contribution in [0.5, 0.6) is 0 Å². The molecular formula is C12H11N3S. The van der Waals surface area contributed by atoms with E-state index in [0.717, 1.165) is 5.56 Å². The van der Waals surface area contributed by atoms with Gasteiger partial charge in [0, 0.05) is 11.1 Å². The Balaban J connectivity index is 2.16. The SMILES string of the molecule is Cc1ccnc(NCc2cccs2)c1C#N. The average Bonchev–Trinajstić information content (AvgIpc) is 2.79. The van der Waals surface area contributed by atoms with Crippen LogP contribution in [0.4, 0.5) is 5.82 Å². The molecule has 0 aromatic carbocycles. The van der Waals surface area contributed by atoms with Crippen molar-refractivity contribution in [2.75, 3.05) is 5.32 Å². The average molecular weight is 229 g/mol. The van der Waals surface area contributed by atoms with Crippen LogP contribution in [0.2, 0.25) is 0 Å². The standard InChI is InChI=1S/C12H11N3S/c1-9-4-5-14-12(11(9)7-13)15-8-10-3-2-6-16-10/h2-6H,8H2,1H3,(H,14,15). The van der Waals surface area contributed by atoms with Crippen LogP contribution in [0, 0.1) is 18.3 Å². The van der Waals surface area contributed by atoms with E-state index in [9.17, 15) is 0 Å². The van der Waals surface area contributed by atoms with Crippen LogP contribution in [0.1, 0.15) is 16.0 Å². The van der Waals surface area contributed by atoms with Gasteiger partial charge in [0.25, 0.3) is 0 Å². The molecule has 0 saturated carbocycles. The van der Waals surface area contributed by atoms with Crippen LogP contribution in [0.15, 0.2) is 29.8 Å². The number of nitriles is 1. The van der Waals surface area contributed by atoms with Crippen molar-refractivity contribution in [1.82, 2.24) is 4.98 Å². The monoisotopic (exact) mass is 229 g/mol. The van der Waals surface area contributed by atoms with Crippen LogP contribution < -0.4 is 5.32 Å². The van der Waals surface area contributed by atoms with E-state index in [4.69, 9.17) is 5.26 Å². The Morgan fingerprint density at radius 3 is 3.06 bits per heavy atom. The van der Waals surface area contributed by atoms with Gasteiger partial charge in [-0.3, -0.25) is 0 Å². The number of aryl methyl sites for hydroxylation is 1. The first-order valence-corrected chi connectivity index (χ1v) is 5.81. The molecule has 0 aliphatic rings. The summed E-state index contributed by atoms with van der Waals surface area (Å²) in [4.78, 5) is 5.41. The molecule has 16 heavy (non-hydrogen) atoms. The van der Waals surface area contributed by atoms with Gasteiger partial charge in [0.2, 0.25) is 0 Å². The van der Waals surface area contributed by atoms with Gasteiger partial charge < -0.3 is 5.32 Å². The van der Waals surface area contributed by atoms with Crippen LogP contribution in [-0.4, -0.2) is 4.98 Å². The largest absolute Gasteiger partial charge is 0.364 e. The molecule has 0 atom stereocenters. The topological polar surface area (TPSA) is 48.7 Å². The number of aromatic nitrogens is 1. The lowest BCUT2D eigenvalue weighted by Crippen LogP contribution is -2.03. The first-order chi connectivity index (χ1) is 7.81. The second-order valence-corrected chi connectivity index (χ2v) is 4.43. The second kappa shape index (κ2) is 4.77. The molecule has 4 heteroatoms. The van der Waals surface area contributed by atoms with E-state index in [0.29, 0.717) is 17.9 Å². The highest BCUT2D eigenvalue weighted by Gasteiger charge is 2.05. The molecule has 0 aliphatic heterocycles. The fraction of sp³-hybridized carbons (Fsp3) is 0.167. The summed E-state index contributed by atoms with van der Waals surface area (Å²) in [5, 5.41) is 14.2. The summed E-state index contributed by atoms with van der Waals surface area (Å²) in [5.41, 5.74) is 1.57. The number of nitrogens with one attached hydrogen (secondary N) is 1. The quantitative estimate of drug-likeness (QED) is 0.880. The van der Waals surface area contributed by atoms with E-state index in [-0.39, 0.29) is 0 Å². The number of rotatable bonds is 3. The van der Waals surface area contributed by atoms with Gasteiger partial charge >= 0.3 is 0 Å². The molecule has 0 amide bonds. The van der Waals surface area contributed by atoms with Gasteiger partial charge in [-0.05, 0) is 30.0 Å². The van der Waals surface area contributed by atoms with Crippen LogP contribution in [-0.2, 0) is 6.54 Å². The van der Waals surface area contributed by atoms with Gasteiger partial charge in [0.05, 0.1) is 12.1 Å². The molecule has 0 saturated heterocycles. The minimum Gasteiger partial charge on any atom is -0.364 e. The molecule has 0 aliphatic carbocycles. The summed E-state index contributed by atoms with van der Waals surface area (Å²) in [6.45, 7) is 2.62. The van der Waals surface area contributed by atoms with E-state index in [1.165, 1.54) is 4.88 Å². The summed E-state index contributed by atoms with van der Waals surface area (Å²) in [6, 6.07) is 8.08. The third-order valence-corrected chi connectivity index (χ3v) is 3.16. The molecule has 1 N–H and O–H groups in total. The van der Waals surface area contributed by atoms with Crippen LogP contribution in [0.25, 0.3) is 0 Å². The highest BCUT2D eigenvalue weighted by Crippen LogP contribution is 2.17. The summed E-state index contributed by atoms with van der Waals surface area (Å²) in [5.74, 6) is 0.663. The van der Waals surface area contributed by atoms with Crippen LogP contribution in [0.3, 0.4) is 0 Å². The molecule has 2 heterocycles. The fourth-order valence-corrected chi connectivity index (χ4v) is 2.06. The van der Waals surface area contributed by atoms with E-state index in [2.05, 4.69) is 22.4 Å². The Labute approximate surface area is 98.4 Å². The van der Waals surface area contributed by atoms with Crippen molar-refractivity contribution in [1.29, 1.82) is 5.26 Å². The molecular weight excluding hydrogens is 218 g/mol. The van der Waals surface area contributed by atoms with E-state index < -0.39 is 0 Å². The first-order valence-electron chi connectivity index (χ1n) is 4.93. The Hall–Kier alpha value is -1.86. The minimum atomic E-state index is 0.624. The number of hydrogen-bond donors (Lipinski definition) is 1. The van der Waals surface area contributed by atoms with E-state index in [1.54, 1.807) is 17.5 Å². The number of nitrogens with zero attached hydrogens (tertiary/aromatic N) is 2. The van der Waals surface area contributed by atoms with Gasteiger partial charge in [-0.1, -0.05) is 6.07 Å². The Morgan fingerprint density at radius 1 is 1.50 bits per heavy atom. The van der Waals surface area contributed by atoms with Crippen molar-refractivity contribution >= 4 is 17.2 Å². The lowest BCUT2D eigenvalue weighted by molar-refractivity contribution is 1.12. The highest BCUT2D eigenvalue weighted by molar-refractivity contribution is 7.09. The zero-order valence-electron chi connectivity index (χ0n) is 8.90. The van der Waals surface area contributed by atoms with Gasteiger partial charge in [-0.2, -0.15) is 5.26 Å². The first kappa shape index (κ1) is 10.7. The molecule has 2 aromatic rings. The lowest BCUT2D eigenvalue weighted by Gasteiger charge is -2.07. The molecule has 0 bridgehead atoms. The predicted molar refractivity (Wildman–Crippen MR) is 65.3 cm³/mol. The van der Waals surface area contributed by atoms with Gasteiger partial charge in [0.1, 0.15) is 11.9 Å². The Bertz CT molecular complexity index is 512. The molecule has 0 unspecified atom stereocenters. The molecule has 80 valence electrons. The lowest BCUT2D eigenvalue weighted by atomic mass is 10.1. The third-order valence-electron chi connectivity index (χ3n) is 2.28. The maximum Gasteiger partial charge on any atom is 0.144 e. The Kier molecular flexibility index (Phi) is 3.18. The number of thiophene rings is 1. The fourth-order valence-electron chi connectivity index (χ4n) is 1.42. The van der Waals surface area contributed by atoms with Crippen molar-refractivity contribution in [2.24, 2.45) is 0 Å². The summed E-state index contributed by atoms with van der Waals surface area (Å²) < 4.78 is 0. The molecule has 0 radical (unpaired) electrons. The predicted octanol–water partition coefficient (Wildman–Crippen LogP) is 2.94. The van der Waals surface area contributed by atoms with Crippen molar-refractivity contribution in [3.05, 3.63) is 45.8 Å². The van der Waals surface area contributed by atoms with Crippen molar-refractivity contribution in [3.8, 4) is 6.07 Å². The molecule has 0 spiro atoms. The zero-order chi connectivity index (χ0) is 11.4. The minimum absolute atomic E-state index is 0.624.